The van der Waals surface area contributed by atoms with Crippen molar-refractivity contribution in [3.8, 4) is 0 Å². The van der Waals surface area contributed by atoms with Gasteiger partial charge >= 0.3 is 0 Å². The van der Waals surface area contributed by atoms with Gasteiger partial charge in [0.15, 0.2) is 11.7 Å². The van der Waals surface area contributed by atoms with E-state index in [2.05, 4.69) is 33.1 Å². The third-order valence-electron chi connectivity index (χ3n) is 4.10. The van der Waals surface area contributed by atoms with Crippen molar-refractivity contribution in [2.45, 2.75) is 18.4 Å². The van der Waals surface area contributed by atoms with E-state index in [1.165, 1.54) is 11.2 Å². The summed E-state index contributed by atoms with van der Waals surface area (Å²) in [4.78, 5) is 18.0. The van der Waals surface area contributed by atoms with Crippen LogP contribution in [0.4, 0.5) is 5.69 Å². The monoisotopic (exact) mass is 422 g/mol. The summed E-state index contributed by atoms with van der Waals surface area (Å²) < 4.78 is 5.13. The minimum absolute atomic E-state index is 0.272. The topological polar surface area (TPSA) is 78.7 Å². The van der Waals surface area contributed by atoms with Gasteiger partial charge in [0.25, 0.3) is 5.91 Å². The number of anilines is 1. The predicted octanol–water partition coefficient (Wildman–Crippen LogP) is 4.38. The lowest BCUT2D eigenvalue weighted by Gasteiger charge is -2.11. The number of hydrogen-bond donors (Lipinski definition) is 3. The highest BCUT2D eigenvalue weighted by Crippen LogP contribution is 2.16. The number of furan rings is 1. The molecule has 0 spiro atoms. The average molecular weight is 423 g/mol. The number of thioether (sulfide) groups is 1. The zero-order valence-electron chi connectivity index (χ0n) is 16.9. The molecule has 3 aromatic rings. The summed E-state index contributed by atoms with van der Waals surface area (Å²) in [5, 5.41) is 9.47. The largest absolute Gasteiger partial charge is 0.459 e. The number of benzene rings is 2. The SMILES string of the molecule is CCNC(=NCc1cccc(NC(=O)c2ccco2)c1)NCCSc1ccccc1. The van der Waals surface area contributed by atoms with Crippen LogP contribution in [0.2, 0.25) is 0 Å². The molecule has 7 heteroatoms. The van der Waals surface area contributed by atoms with E-state index in [-0.39, 0.29) is 11.7 Å². The maximum Gasteiger partial charge on any atom is 0.291 e. The first-order valence-electron chi connectivity index (χ1n) is 9.88. The van der Waals surface area contributed by atoms with Crippen LogP contribution in [-0.2, 0) is 6.54 Å². The number of hydrogen-bond acceptors (Lipinski definition) is 4. The van der Waals surface area contributed by atoms with E-state index in [0.29, 0.717) is 12.2 Å². The summed E-state index contributed by atoms with van der Waals surface area (Å²) in [5.41, 5.74) is 1.71. The Morgan fingerprint density at radius 3 is 2.67 bits per heavy atom. The second-order valence-corrected chi connectivity index (χ2v) is 7.58. The number of rotatable bonds is 9. The highest BCUT2D eigenvalue weighted by atomic mass is 32.2. The molecule has 1 amide bonds. The zero-order valence-corrected chi connectivity index (χ0v) is 17.7. The van der Waals surface area contributed by atoms with Crippen LogP contribution in [0.15, 0.2) is 87.3 Å². The van der Waals surface area contributed by atoms with E-state index in [0.717, 1.165) is 30.4 Å². The van der Waals surface area contributed by atoms with Gasteiger partial charge < -0.3 is 20.4 Å². The molecule has 156 valence electrons. The lowest BCUT2D eigenvalue weighted by molar-refractivity contribution is 0.0996. The first-order chi connectivity index (χ1) is 14.7. The van der Waals surface area contributed by atoms with Crippen molar-refractivity contribution in [3.63, 3.8) is 0 Å². The quantitative estimate of drug-likeness (QED) is 0.206. The van der Waals surface area contributed by atoms with Crippen molar-refractivity contribution in [3.05, 3.63) is 84.3 Å². The third kappa shape index (κ3) is 7.00. The molecule has 0 atom stereocenters. The van der Waals surface area contributed by atoms with Crippen LogP contribution in [0, 0.1) is 0 Å². The Labute approximate surface area is 181 Å². The summed E-state index contributed by atoms with van der Waals surface area (Å²) in [6.07, 6.45) is 1.48. The maximum absolute atomic E-state index is 12.1. The van der Waals surface area contributed by atoms with Gasteiger partial charge in [-0.15, -0.1) is 11.8 Å². The molecule has 2 aromatic carbocycles. The normalized spacial score (nSPS) is 11.2. The number of nitrogens with one attached hydrogen (secondary N) is 3. The lowest BCUT2D eigenvalue weighted by Crippen LogP contribution is -2.38. The fraction of sp³-hybridized carbons (Fsp3) is 0.217. The highest BCUT2D eigenvalue weighted by Gasteiger charge is 2.08. The molecule has 0 saturated heterocycles. The van der Waals surface area contributed by atoms with E-state index in [9.17, 15) is 4.79 Å². The zero-order chi connectivity index (χ0) is 21.0. The Morgan fingerprint density at radius 2 is 1.90 bits per heavy atom. The molecule has 3 rings (SSSR count). The van der Waals surface area contributed by atoms with Gasteiger partial charge in [0.05, 0.1) is 12.8 Å². The van der Waals surface area contributed by atoms with Gasteiger partial charge in [-0.1, -0.05) is 30.3 Å². The smallest absolute Gasteiger partial charge is 0.291 e. The molecule has 0 radical (unpaired) electrons. The van der Waals surface area contributed by atoms with Gasteiger partial charge in [-0.3, -0.25) is 4.79 Å². The van der Waals surface area contributed by atoms with Gasteiger partial charge in [-0.05, 0) is 48.9 Å². The average Bonchev–Trinajstić information content (AvgIpc) is 3.31. The van der Waals surface area contributed by atoms with Crippen molar-refractivity contribution in [1.82, 2.24) is 10.6 Å². The van der Waals surface area contributed by atoms with Gasteiger partial charge in [0.1, 0.15) is 0 Å². The van der Waals surface area contributed by atoms with Crippen molar-refractivity contribution >= 4 is 29.3 Å². The van der Waals surface area contributed by atoms with Crippen molar-refractivity contribution in [2.75, 3.05) is 24.2 Å². The minimum atomic E-state index is -0.272. The molecule has 3 N–H and O–H groups in total. The standard InChI is InChI=1S/C23H26N4O2S/c1-2-24-23(25-13-15-30-20-10-4-3-5-11-20)26-17-18-8-6-9-19(16-18)27-22(28)21-12-7-14-29-21/h3-12,14,16H,2,13,15,17H2,1H3,(H,27,28)(H2,24,25,26). The number of carbonyl (C=O) groups is 1. The van der Waals surface area contributed by atoms with Gasteiger partial charge in [0, 0.05) is 29.4 Å². The van der Waals surface area contributed by atoms with Crippen molar-refractivity contribution in [1.29, 1.82) is 0 Å². The molecule has 6 nitrogen and oxygen atoms in total. The van der Waals surface area contributed by atoms with Crippen LogP contribution >= 0.6 is 11.8 Å². The summed E-state index contributed by atoms with van der Waals surface area (Å²) in [7, 11) is 0. The van der Waals surface area contributed by atoms with Crippen LogP contribution in [0.3, 0.4) is 0 Å². The number of nitrogens with zero attached hydrogens (tertiary/aromatic N) is 1. The van der Waals surface area contributed by atoms with Crippen LogP contribution < -0.4 is 16.0 Å². The first-order valence-corrected chi connectivity index (χ1v) is 10.9. The molecule has 0 saturated carbocycles. The van der Waals surface area contributed by atoms with Crippen molar-refractivity contribution in [2.24, 2.45) is 4.99 Å². The number of aliphatic imine (C=N–C) groups is 1. The van der Waals surface area contributed by atoms with E-state index in [4.69, 9.17) is 4.42 Å². The summed E-state index contributed by atoms with van der Waals surface area (Å²) in [6.45, 7) is 4.15. The molecule has 1 aromatic heterocycles. The lowest BCUT2D eigenvalue weighted by atomic mass is 10.2. The molecular formula is C23H26N4O2S. The van der Waals surface area contributed by atoms with E-state index < -0.39 is 0 Å². The first kappa shape index (κ1) is 21.5. The number of guanidine groups is 1. The molecule has 30 heavy (non-hydrogen) atoms. The Balaban J connectivity index is 1.51. The van der Waals surface area contributed by atoms with E-state index >= 15 is 0 Å². The molecular weight excluding hydrogens is 396 g/mol. The molecule has 0 aliphatic rings. The summed E-state index contributed by atoms with van der Waals surface area (Å²) in [6, 6.07) is 21.3. The second kappa shape index (κ2) is 11.7. The Bertz CT molecular complexity index is 943. The molecule has 0 aliphatic heterocycles. The molecule has 0 unspecified atom stereocenters. The molecule has 0 aliphatic carbocycles. The highest BCUT2D eigenvalue weighted by molar-refractivity contribution is 7.99. The minimum Gasteiger partial charge on any atom is -0.459 e. The van der Waals surface area contributed by atoms with Crippen molar-refractivity contribution < 1.29 is 9.21 Å². The number of amides is 1. The van der Waals surface area contributed by atoms with Gasteiger partial charge in [-0.2, -0.15) is 0 Å². The molecule has 0 fully saturated rings. The van der Waals surface area contributed by atoms with E-state index in [1.54, 1.807) is 12.1 Å². The predicted molar refractivity (Wildman–Crippen MR) is 123 cm³/mol. The van der Waals surface area contributed by atoms with Gasteiger partial charge in [-0.25, -0.2) is 4.99 Å². The van der Waals surface area contributed by atoms with E-state index in [1.807, 2.05) is 61.2 Å². The fourth-order valence-electron chi connectivity index (χ4n) is 2.72. The van der Waals surface area contributed by atoms with Crippen LogP contribution in [-0.4, -0.2) is 30.7 Å². The van der Waals surface area contributed by atoms with Crippen LogP contribution in [0.1, 0.15) is 23.0 Å². The summed E-state index contributed by atoms with van der Waals surface area (Å²) >= 11 is 1.81. The molecule has 1 heterocycles. The summed E-state index contributed by atoms with van der Waals surface area (Å²) in [5.74, 6) is 1.73. The third-order valence-corrected chi connectivity index (χ3v) is 5.11. The Morgan fingerprint density at radius 1 is 1.03 bits per heavy atom. The maximum atomic E-state index is 12.1. The number of carbonyl (C=O) groups excluding carboxylic acids is 1. The fourth-order valence-corrected chi connectivity index (χ4v) is 3.50. The van der Waals surface area contributed by atoms with Crippen LogP contribution in [0.25, 0.3) is 0 Å². The Hall–Kier alpha value is -3.19. The van der Waals surface area contributed by atoms with Gasteiger partial charge in [0.2, 0.25) is 0 Å². The molecule has 0 bridgehead atoms. The Kier molecular flexibility index (Phi) is 8.41. The second-order valence-electron chi connectivity index (χ2n) is 6.42. The van der Waals surface area contributed by atoms with Crippen LogP contribution in [0.5, 0.6) is 0 Å².